The fraction of sp³-hybridized carbons (Fsp3) is 0.316. The smallest absolute Gasteiger partial charge is 0.227 e. The Bertz CT molecular complexity index is 928. The molecule has 0 saturated carbocycles. The van der Waals surface area contributed by atoms with Crippen LogP contribution in [0.1, 0.15) is 18.4 Å². The third kappa shape index (κ3) is 5.15. The number of rotatable bonds is 5. The number of halogens is 2. The van der Waals surface area contributed by atoms with Gasteiger partial charge >= 0.3 is 0 Å². The minimum absolute atomic E-state index is 0.112. The highest BCUT2D eigenvalue weighted by atomic mass is 79.9. The van der Waals surface area contributed by atoms with Gasteiger partial charge in [0.2, 0.25) is 15.9 Å². The van der Waals surface area contributed by atoms with Crippen LogP contribution < -0.4 is 5.32 Å². The summed E-state index contributed by atoms with van der Waals surface area (Å²) in [5, 5.41) is 2.87. The van der Waals surface area contributed by atoms with Crippen LogP contribution >= 0.6 is 15.9 Å². The lowest BCUT2D eigenvalue weighted by Gasteiger charge is -2.30. The predicted molar refractivity (Wildman–Crippen MR) is 106 cm³/mol. The highest BCUT2D eigenvalue weighted by Crippen LogP contribution is 2.24. The first kappa shape index (κ1) is 20.0. The number of hydrogen-bond donors (Lipinski definition) is 1. The second-order valence-electron chi connectivity index (χ2n) is 6.52. The first-order valence-corrected chi connectivity index (χ1v) is 11.0. The monoisotopic (exact) mass is 454 g/mol. The Labute approximate surface area is 166 Å². The van der Waals surface area contributed by atoms with Crippen molar-refractivity contribution in [1.82, 2.24) is 4.31 Å². The molecule has 144 valence electrons. The second kappa shape index (κ2) is 8.50. The van der Waals surface area contributed by atoms with Crippen molar-refractivity contribution in [3.8, 4) is 0 Å². The number of benzene rings is 2. The number of carbonyl (C=O) groups is 1. The third-order valence-corrected chi connectivity index (χ3v) is 6.93. The minimum atomic E-state index is -3.62. The zero-order chi connectivity index (χ0) is 19.4. The van der Waals surface area contributed by atoms with Crippen LogP contribution in [0.25, 0.3) is 0 Å². The van der Waals surface area contributed by atoms with Crippen LogP contribution in [0.2, 0.25) is 0 Å². The zero-order valence-electron chi connectivity index (χ0n) is 14.6. The van der Waals surface area contributed by atoms with E-state index in [0.29, 0.717) is 18.5 Å². The van der Waals surface area contributed by atoms with Crippen molar-refractivity contribution in [2.45, 2.75) is 18.6 Å². The maximum atomic E-state index is 13.8. The molecule has 2 aromatic rings. The molecule has 1 heterocycles. The molecule has 0 atom stereocenters. The summed E-state index contributed by atoms with van der Waals surface area (Å²) in [6.45, 7) is 0.515. The lowest BCUT2D eigenvalue weighted by molar-refractivity contribution is -0.120. The molecule has 27 heavy (non-hydrogen) atoms. The molecule has 3 rings (SSSR count). The first-order valence-electron chi connectivity index (χ1n) is 8.63. The van der Waals surface area contributed by atoms with Crippen LogP contribution in [-0.2, 0) is 20.6 Å². The zero-order valence-corrected chi connectivity index (χ0v) is 17.0. The van der Waals surface area contributed by atoms with E-state index in [1.54, 1.807) is 12.1 Å². The number of nitrogens with zero attached hydrogens (tertiary/aromatic N) is 1. The van der Waals surface area contributed by atoms with E-state index in [1.807, 2.05) is 18.2 Å². The van der Waals surface area contributed by atoms with Gasteiger partial charge in [-0.1, -0.05) is 40.2 Å². The van der Waals surface area contributed by atoms with Gasteiger partial charge in [0.05, 0.1) is 5.75 Å². The molecule has 0 bridgehead atoms. The molecule has 1 amide bonds. The average Bonchev–Trinajstić information content (AvgIpc) is 2.64. The van der Waals surface area contributed by atoms with E-state index in [0.717, 1.165) is 4.47 Å². The van der Waals surface area contributed by atoms with Gasteiger partial charge < -0.3 is 5.32 Å². The molecule has 0 spiro atoms. The van der Waals surface area contributed by atoms with E-state index in [2.05, 4.69) is 21.2 Å². The average molecular weight is 455 g/mol. The number of carbonyl (C=O) groups excluding carboxylic acids is 1. The summed E-state index contributed by atoms with van der Waals surface area (Å²) in [4.78, 5) is 12.4. The molecule has 1 N–H and O–H groups in total. The van der Waals surface area contributed by atoms with Crippen molar-refractivity contribution in [3.63, 3.8) is 0 Å². The standard InChI is InChI=1S/C19H20BrFN2O3S/c20-16-5-3-6-17(12-16)22-19(24)14-8-10-23(11-9-14)27(25,26)13-15-4-1-2-7-18(15)21/h1-7,12,14H,8-11,13H2,(H,22,24). The molecule has 0 unspecified atom stereocenters. The highest BCUT2D eigenvalue weighted by Gasteiger charge is 2.31. The van der Waals surface area contributed by atoms with Gasteiger partial charge in [0.1, 0.15) is 5.82 Å². The largest absolute Gasteiger partial charge is 0.326 e. The minimum Gasteiger partial charge on any atom is -0.326 e. The second-order valence-corrected chi connectivity index (χ2v) is 9.41. The van der Waals surface area contributed by atoms with Crippen LogP contribution in [-0.4, -0.2) is 31.7 Å². The topological polar surface area (TPSA) is 66.5 Å². The molecule has 8 heteroatoms. The number of hydrogen-bond acceptors (Lipinski definition) is 3. The van der Waals surface area contributed by atoms with Gasteiger partial charge in [-0.05, 0) is 37.1 Å². The first-order chi connectivity index (χ1) is 12.8. The summed E-state index contributed by atoms with van der Waals surface area (Å²) >= 11 is 3.36. The summed E-state index contributed by atoms with van der Waals surface area (Å²) in [5.74, 6) is -1.25. The predicted octanol–water partition coefficient (Wildman–Crippen LogP) is 3.77. The van der Waals surface area contributed by atoms with E-state index >= 15 is 0 Å². The van der Waals surface area contributed by atoms with Crippen LogP contribution in [0, 0.1) is 11.7 Å². The summed E-state index contributed by atoms with van der Waals surface area (Å²) < 4.78 is 41.1. The van der Waals surface area contributed by atoms with Crippen molar-refractivity contribution >= 4 is 37.5 Å². The van der Waals surface area contributed by atoms with Gasteiger partial charge in [-0.25, -0.2) is 17.1 Å². The summed E-state index contributed by atoms with van der Waals surface area (Å²) in [6.07, 6.45) is 0.882. The van der Waals surface area contributed by atoms with Gasteiger partial charge in [-0.2, -0.15) is 0 Å². The molecule has 2 aromatic carbocycles. The van der Waals surface area contributed by atoms with Gasteiger partial charge in [-0.3, -0.25) is 4.79 Å². The molecule has 1 saturated heterocycles. The lowest BCUT2D eigenvalue weighted by atomic mass is 9.97. The molecule has 0 aromatic heterocycles. The van der Waals surface area contributed by atoms with Gasteiger partial charge in [0, 0.05) is 34.7 Å². The van der Waals surface area contributed by atoms with Crippen LogP contribution in [0.15, 0.2) is 53.0 Å². The summed E-state index contributed by atoms with van der Waals surface area (Å²) in [6, 6.07) is 13.2. The SMILES string of the molecule is O=C(Nc1cccc(Br)c1)C1CCN(S(=O)(=O)Cc2ccccc2F)CC1. The van der Waals surface area contributed by atoms with Crippen molar-refractivity contribution in [2.75, 3.05) is 18.4 Å². The maximum Gasteiger partial charge on any atom is 0.227 e. The van der Waals surface area contributed by atoms with Crippen molar-refractivity contribution < 1.29 is 17.6 Å². The lowest BCUT2D eigenvalue weighted by Crippen LogP contribution is -2.42. The Kier molecular flexibility index (Phi) is 6.29. The molecule has 5 nitrogen and oxygen atoms in total. The molecule has 1 aliphatic rings. The maximum absolute atomic E-state index is 13.8. The van der Waals surface area contributed by atoms with Crippen molar-refractivity contribution in [3.05, 3.63) is 64.4 Å². The Morgan fingerprint density at radius 1 is 1.15 bits per heavy atom. The van der Waals surface area contributed by atoms with Crippen molar-refractivity contribution in [2.24, 2.45) is 5.92 Å². The number of sulfonamides is 1. The molecule has 0 aliphatic carbocycles. The number of piperidine rings is 1. The number of anilines is 1. The molecule has 1 fully saturated rings. The molecule has 1 aliphatic heterocycles. The van der Waals surface area contributed by atoms with Crippen LogP contribution in [0.5, 0.6) is 0 Å². The highest BCUT2D eigenvalue weighted by molar-refractivity contribution is 9.10. The number of nitrogens with one attached hydrogen (secondary N) is 1. The molecular weight excluding hydrogens is 435 g/mol. The summed E-state index contributed by atoms with van der Waals surface area (Å²) in [7, 11) is -3.62. The Balaban J connectivity index is 1.58. The van der Waals surface area contributed by atoms with E-state index < -0.39 is 15.8 Å². The quantitative estimate of drug-likeness (QED) is 0.747. The molecular formula is C19H20BrFN2O3S. The van der Waals surface area contributed by atoms with E-state index in [-0.39, 0.29) is 36.2 Å². The van der Waals surface area contributed by atoms with Crippen LogP contribution in [0.3, 0.4) is 0 Å². The van der Waals surface area contributed by atoms with Gasteiger partial charge in [0.25, 0.3) is 0 Å². The number of amides is 1. The summed E-state index contributed by atoms with van der Waals surface area (Å²) in [5.41, 5.74) is 0.857. The normalized spacial score (nSPS) is 16.2. The van der Waals surface area contributed by atoms with Gasteiger partial charge in [-0.15, -0.1) is 0 Å². The van der Waals surface area contributed by atoms with E-state index in [1.165, 1.54) is 22.5 Å². The van der Waals surface area contributed by atoms with E-state index in [9.17, 15) is 17.6 Å². The van der Waals surface area contributed by atoms with Gasteiger partial charge in [0.15, 0.2) is 0 Å². The fourth-order valence-corrected chi connectivity index (χ4v) is 5.09. The van der Waals surface area contributed by atoms with Crippen molar-refractivity contribution in [1.29, 1.82) is 0 Å². The van der Waals surface area contributed by atoms with E-state index in [4.69, 9.17) is 0 Å². The Hall–Kier alpha value is -1.77. The Morgan fingerprint density at radius 3 is 2.52 bits per heavy atom. The Morgan fingerprint density at radius 2 is 1.85 bits per heavy atom. The third-order valence-electron chi connectivity index (χ3n) is 4.61. The molecule has 0 radical (unpaired) electrons. The van der Waals surface area contributed by atoms with Crippen LogP contribution in [0.4, 0.5) is 10.1 Å². The fourth-order valence-electron chi connectivity index (χ4n) is 3.11.